The Morgan fingerprint density at radius 3 is 2.02 bits per heavy atom. The summed E-state index contributed by atoms with van der Waals surface area (Å²) in [4.78, 5) is 48.2. The van der Waals surface area contributed by atoms with E-state index in [9.17, 15) is 34.8 Å². The van der Waals surface area contributed by atoms with Gasteiger partial charge in [-0.3, -0.25) is 14.6 Å². The molecule has 0 spiro atoms. The van der Waals surface area contributed by atoms with E-state index in [1.54, 1.807) is 36.4 Å². The molecule has 3 aromatic rings. The molecule has 0 fully saturated rings. The Hall–Kier alpha value is -4.35. The number of ether oxygens (including phenoxy) is 2. The summed E-state index contributed by atoms with van der Waals surface area (Å²) < 4.78 is 11.6. The number of carboxylic acid groups (broad SMARTS) is 2. The lowest BCUT2D eigenvalue weighted by molar-refractivity contribution is 0.0245. The first kappa shape index (κ1) is 42.1. The Kier molecular flexibility index (Phi) is 19.4. The van der Waals surface area contributed by atoms with Crippen molar-refractivity contribution < 1.29 is 44.3 Å². The summed E-state index contributed by atoms with van der Waals surface area (Å²) >= 11 is 0. The molecule has 0 aliphatic rings. The van der Waals surface area contributed by atoms with Crippen LogP contribution in [0.5, 0.6) is 0 Å². The molecular weight excluding hydrogens is 672 g/mol. The van der Waals surface area contributed by atoms with E-state index in [1.165, 1.54) is 12.1 Å². The number of hydrogen-bond acceptors (Lipinski definition) is 12. The summed E-state index contributed by atoms with van der Waals surface area (Å²) in [5, 5.41) is 41.2. The first-order chi connectivity index (χ1) is 25.3. The third kappa shape index (κ3) is 14.7. The van der Waals surface area contributed by atoms with E-state index in [2.05, 4.69) is 15.3 Å². The van der Waals surface area contributed by atoms with Gasteiger partial charge in [-0.2, -0.15) is 0 Å². The summed E-state index contributed by atoms with van der Waals surface area (Å²) in [7, 11) is 0. The van der Waals surface area contributed by atoms with Crippen molar-refractivity contribution in [2.45, 2.75) is 38.3 Å². The fourth-order valence-corrected chi connectivity index (χ4v) is 5.56. The number of hydrogen-bond donors (Lipinski definition) is 6. The van der Waals surface area contributed by atoms with Gasteiger partial charge in [-0.1, -0.05) is 37.1 Å². The molecule has 0 saturated carbocycles. The first-order valence-electron chi connectivity index (χ1n) is 17.6. The molecule has 2 heterocycles. The Bertz CT molecular complexity index is 1510. The van der Waals surface area contributed by atoms with Gasteiger partial charge >= 0.3 is 11.9 Å². The van der Waals surface area contributed by atoms with Crippen LogP contribution in [-0.2, 0) is 16.0 Å². The summed E-state index contributed by atoms with van der Waals surface area (Å²) in [6.45, 7) is 4.10. The number of nitrogens with two attached hydrogens (primary N) is 1. The Morgan fingerprint density at radius 2 is 1.37 bits per heavy atom. The second-order valence-corrected chi connectivity index (χ2v) is 12.0. The third-order valence-corrected chi connectivity index (χ3v) is 8.20. The van der Waals surface area contributed by atoms with Gasteiger partial charge in [0.1, 0.15) is 11.4 Å². The zero-order chi connectivity index (χ0) is 37.6. The predicted molar refractivity (Wildman–Crippen MR) is 193 cm³/mol. The van der Waals surface area contributed by atoms with Gasteiger partial charge in [0.2, 0.25) is 0 Å². The number of nitrogens with one attached hydrogen (secondary N) is 1. The smallest absolute Gasteiger partial charge is 0.354 e. The molecule has 0 aliphatic carbocycles. The van der Waals surface area contributed by atoms with Crippen LogP contribution in [0.2, 0.25) is 0 Å². The molecule has 1 amide bonds. The lowest BCUT2D eigenvalue weighted by atomic mass is 9.99. The standard InChI is InChI=1S/C37H52N6O9/c38-15-3-1-2-4-16-39-35(46)29-13-11-28(12-14-29)34(31-8-6-10-33(41-31)37(49)50)43(18-22-45)20-24-52-26-25-51-23-19-42(17-21-44)27-30-7-5-9-32(40-30)36(47)48/h5-14,34,44-45H,1-4,15-27,38H2,(H,39,46)(H,47,48)(H,49,50). The molecule has 0 saturated heterocycles. The van der Waals surface area contributed by atoms with Crippen molar-refractivity contribution in [1.29, 1.82) is 0 Å². The SMILES string of the molecule is NCCCCCCNC(=O)c1ccc(C(c2cccc(C(=O)O)n2)N(CCO)CCOCCOCCN(CCO)Cc2cccc(C(=O)O)n2)cc1. The van der Waals surface area contributed by atoms with Gasteiger partial charge < -0.3 is 41.0 Å². The zero-order valence-electron chi connectivity index (χ0n) is 29.6. The summed E-state index contributed by atoms with van der Waals surface area (Å²) in [5.41, 5.74) is 7.71. The minimum Gasteiger partial charge on any atom is -0.477 e. The Labute approximate surface area is 304 Å². The number of benzene rings is 1. The third-order valence-electron chi connectivity index (χ3n) is 8.20. The summed E-state index contributed by atoms with van der Waals surface area (Å²) in [5.74, 6) is -2.44. The average Bonchev–Trinajstić information content (AvgIpc) is 3.14. The molecule has 3 rings (SSSR count). The molecule has 2 aromatic heterocycles. The van der Waals surface area contributed by atoms with E-state index in [0.29, 0.717) is 76.0 Å². The molecule has 52 heavy (non-hydrogen) atoms. The number of carbonyl (C=O) groups is 3. The van der Waals surface area contributed by atoms with E-state index >= 15 is 0 Å². The maximum absolute atomic E-state index is 12.8. The van der Waals surface area contributed by atoms with Crippen LogP contribution in [0, 0.1) is 0 Å². The van der Waals surface area contributed by atoms with Crippen molar-refractivity contribution in [2.24, 2.45) is 5.73 Å². The number of aliphatic hydroxyl groups is 2. The van der Waals surface area contributed by atoms with Crippen molar-refractivity contribution in [2.75, 3.05) is 78.9 Å². The number of aromatic nitrogens is 2. The lowest BCUT2D eigenvalue weighted by Gasteiger charge is -2.31. The predicted octanol–water partition coefficient (Wildman–Crippen LogP) is 2.03. The molecule has 284 valence electrons. The molecule has 1 atom stereocenters. The zero-order valence-corrected chi connectivity index (χ0v) is 29.6. The highest BCUT2D eigenvalue weighted by molar-refractivity contribution is 5.94. The minimum absolute atomic E-state index is 0.0398. The minimum atomic E-state index is -1.16. The summed E-state index contributed by atoms with van der Waals surface area (Å²) in [6.07, 6.45) is 3.86. The number of amides is 1. The first-order valence-corrected chi connectivity index (χ1v) is 17.6. The van der Waals surface area contributed by atoms with Crippen LogP contribution in [0.3, 0.4) is 0 Å². The molecule has 15 nitrogen and oxygen atoms in total. The Balaban J connectivity index is 1.56. The van der Waals surface area contributed by atoms with Crippen molar-refractivity contribution in [3.63, 3.8) is 0 Å². The van der Waals surface area contributed by atoms with Crippen LogP contribution >= 0.6 is 0 Å². The van der Waals surface area contributed by atoms with Gasteiger partial charge in [0.25, 0.3) is 5.91 Å². The van der Waals surface area contributed by atoms with Crippen LogP contribution in [0.1, 0.15) is 80.0 Å². The number of aromatic carboxylic acids is 2. The maximum atomic E-state index is 12.8. The topological polar surface area (TPSA) is 221 Å². The van der Waals surface area contributed by atoms with Crippen molar-refractivity contribution in [3.05, 3.63) is 94.6 Å². The maximum Gasteiger partial charge on any atom is 0.354 e. The monoisotopic (exact) mass is 724 g/mol. The number of carbonyl (C=O) groups excluding carboxylic acids is 1. The normalized spacial score (nSPS) is 11.9. The lowest BCUT2D eigenvalue weighted by Crippen LogP contribution is -2.36. The molecule has 0 bridgehead atoms. The fourth-order valence-electron chi connectivity index (χ4n) is 5.56. The van der Waals surface area contributed by atoms with E-state index in [0.717, 1.165) is 31.2 Å². The van der Waals surface area contributed by atoms with Crippen molar-refractivity contribution >= 4 is 17.8 Å². The number of pyridine rings is 2. The van der Waals surface area contributed by atoms with Gasteiger partial charge in [0, 0.05) is 44.8 Å². The van der Waals surface area contributed by atoms with Crippen LogP contribution in [0.25, 0.3) is 0 Å². The van der Waals surface area contributed by atoms with Crippen LogP contribution in [-0.4, -0.2) is 137 Å². The van der Waals surface area contributed by atoms with Gasteiger partial charge in [-0.15, -0.1) is 0 Å². The van der Waals surface area contributed by atoms with Crippen LogP contribution in [0.4, 0.5) is 0 Å². The molecule has 7 N–H and O–H groups in total. The van der Waals surface area contributed by atoms with Gasteiger partial charge in [0.15, 0.2) is 0 Å². The van der Waals surface area contributed by atoms with Gasteiger partial charge in [-0.05, 0) is 61.3 Å². The second kappa shape index (κ2) is 24.0. The molecule has 1 aromatic carbocycles. The van der Waals surface area contributed by atoms with Crippen molar-refractivity contribution in [1.82, 2.24) is 25.1 Å². The number of nitrogens with zero attached hydrogens (tertiary/aromatic N) is 4. The van der Waals surface area contributed by atoms with E-state index in [4.69, 9.17) is 15.2 Å². The number of carboxylic acids is 2. The highest BCUT2D eigenvalue weighted by Gasteiger charge is 2.25. The van der Waals surface area contributed by atoms with Crippen LogP contribution in [0.15, 0.2) is 60.7 Å². The number of rotatable bonds is 27. The summed E-state index contributed by atoms with van der Waals surface area (Å²) in [6, 6.07) is 16.1. The molecule has 15 heteroatoms. The highest BCUT2D eigenvalue weighted by Crippen LogP contribution is 2.28. The molecule has 0 radical (unpaired) electrons. The fraction of sp³-hybridized carbons (Fsp3) is 0.486. The van der Waals surface area contributed by atoms with Crippen LogP contribution < -0.4 is 11.1 Å². The average molecular weight is 725 g/mol. The number of aliphatic hydroxyl groups excluding tert-OH is 2. The van der Waals surface area contributed by atoms with Gasteiger partial charge in [0.05, 0.1) is 57.1 Å². The quantitative estimate of drug-likeness (QED) is 0.0620. The molecule has 0 aliphatic heterocycles. The Morgan fingerprint density at radius 1 is 0.731 bits per heavy atom. The number of unbranched alkanes of at least 4 members (excludes halogenated alkanes) is 3. The largest absolute Gasteiger partial charge is 0.477 e. The van der Waals surface area contributed by atoms with E-state index in [1.807, 2.05) is 21.9 Å². The van der Waals surface area contributed by atoms with E-state index < -0.39 is 18.0 Å². The second-order valence-electron chi connectivity index (χ2n) is 12.0. The molecule has 1 unspecified atom stereocenters. The van der Waals surface area contributed by atoms with Gasteiger partial charge in [-0.25, -0.2) is 19.6 Å². The van der Waals surface area contributed by atoms with E-state index in [-0.39, 0.29) is 43.7 Å². The van der Waals surface area contributed by atoms with Crippen molar-refractivity contribution in [3.8, 4) is 0 Å². The molecular formula is C37H52N6O9. The highest BCUT2D eigenvalue weighted by atomic mass is 16.5.